The van der Waals surface area contributed by atoms with Gasteiger partial charge in [-0.3, -0.25) is 4.90 Å². The number of rotatable bonds is 3. The Hall–Kier alpha value is -1.43. The zero-order valence-electron chi connectivity index (χ0n) is 12.0. The van der Waals surface area contributed by atoms with Gasteiger partial charge >= 0.3 is 0 Å². The Morgan fingerprint density at radius 1 is 1.35 bits per heavy atom. The van der Waals surface area contributed by atoms with E-state index in [0.717, 1.165) is 32.6 Å². The maximum atomic E-state index is 14.1. The zero-order chi connectivity index (χ0) is 13.9. The van der Waals surface area contributed by atoms with Gasteiger partial charge in [-0.15, -0.1) is 0 Å². The van der Waals surface area contributed by atoms with Crippen molar-refractivity contribution in [2.24, 2.45) is 0 Å². The molecule has 1 atom stereocenters. The molecule has 0 radical (unpaired) electrons. The number of fused-ring (bicyclic) bond motifs is 1. The van der Waals surface area contributed by atoms with E-state index in [0.29, 0.717) is 17.8 Å². The Balaban J connectivity index is 1.81. The molecule has 1 aromatic heterocycles. The molecule has 5 nitrogen and oxygen atoms in total. The minimum absolute atomic E-state index is 0.321. The molecule has 1 aromatic rings. The quantitative estimate of drug-likeness (QED) is 0.913. The molecule has 20 heavy (non-hydrogen) atoms. The number of aromatic nitrogens is 2. The fourth-order valence-corrected chi connectivity index (χ4v) is 3.22. The Bertz CT molecular complexity index is 467. The summed E-state index contributed by atoms with van der Waals surface area (Å²) in [7, 11) is 0. The topological polar surface area (TPSA) is 44.3 Å². The van der Waals surface area contributed by atoms with Gasteiger partial charge in [-0.05, 0) is 32.7 Å². The van der Waals surface area contributed by atoms with E-state index >= 15 is 0 Å². The van der Waals surface area contributed by atoms with Crippen LogP contribution in [0, 0.1) is 5.82 Å². The average Bonchev–Trinajstić information content (AvgIpc) is 2.79. The van der Waals surface area contributed by atoms with Gasteiger partial charge in [0.25, 0.3) is 0 Å². The molecular formula is C14H22FN5. The Kier molecular flexibility index (Phi) is 4.00. The van der Waals surface area contributed by atoms with Gasteiger partial charge in [0.15, 0.2) is 11.6 Å². The normalized spacial score (nSPS) is 23.5. The number of hydrogen-bond acceptors (Lipinski definition) is 5. The first-order valence-electron chi connectivity index (χ1n) is 7.53. The molecule has 2 aliphatic heterocycles. The summed E-state index contributed by atoms with van der Waals surface area (Å²) in [4.78, 5) is 13.0. The molecule has 1 N–H and O–H groups in total. The molecule has 0 aliphatic carbocycles. The minimum Gasteiger partial charge on any atom is -0.354 e. The standard InChI is InChI=1S/C14H22FN5/c1-2-16-14-17-9-12(15)13(18-14)20-8-4-7-19-6-3-5-11(19)10-20/h9,11H,2-8,10H2,1H3,(H,16,17,18). The van der Waals surface area contributed by atoms with E-state index in [1.807, 2.05) is 6.92 Å². The van der Waals surface area contributed by atoms with E-state index in [4.69, 9.17) is 0 Å². The molecule has 3 rings (SSSR count). The Morgan fingerprint density at radius 3 is 3.05 bits per heavy atom. The second kappa shape index (κ2) is 5.91. The first-order chi connectivity index (χ1) is 9.78. The van der Waals surface area contributed by atoms with Gasteiger partial charge in [-0.25, -0.2) is 9.37 Å². The van der Waals surface area contributed by atoms with Crippen LogP contribution in [0.1, 0.15) is 26.2 Å². The molecular weight excluding hydrogens is 257 g/mol. The van der Waals surface area contributed by atoms with Crippen molar-refractivity contribution in [1.29, 1.82) is 0 Å². The molecule has 0 saturated carbocycles. The van der Waals surface area contributed by atoms with Crippen LogP contribution in [0.4, 0.5) is 16.2 Å². The van der Waals surface area contributed by atoms with Gasteiger partial charge in [0, 0.05) is 32.2 Å². The molecule has 3 heterocycles. The van der Waals surface area contributed by atoms with Crippen molar-refractivity contribution >= 4 is 11.8 Å². The van der Waals surface area contributed by atoms with Gasteiger partial charge in [-0.1, -0.05) is 0 Å². The van der Waals surface area contributed by atoms with E-state index in [1.165, 1.54) is 25.6 Å². The number of nitrogens with zero attached hydrogens (tertiary/aromatic N) is 4. The fourth-order valence-electron chi connectivity index (χ4n) is 3.22. The van der Waals surface area contributed by atoms with Crippen molar-refractivity contribution in [1.82, 2.24) is 14.9 Å². The van der Waals surface area contributed by atoms with E-state index in [1.54, 1.807) is 0 Å². The molecule has 0 amide bonds. The first kappa shape index (κ1) is 13.5. The van der Waals surface area contributed by atoms with Crippen molar-refractivity contribution in [2.75, 3.05) is 42.9 Å². The average molecular weight is 279 g/mol. The molecule has 0 aromatic carbocycles. The lowest BCUT2D eigenvalue weighted by atomic mass is 10.2. The third kappa shape index (κ3) is 2.70. The maximum Gasteiger partial charge on any atom is 0.224 e. The van der Waals surface area contributed by atoms with Crippen LogP contribution in [-0.2, 0) is 0 Å². The second-order valence-corrected chi connectivity index (χ2v) is 5.53. The summed E-state index contributed by atoms with van der Waals surface area (Å²) < 4.78 is 14.1. The van der Waals surface area contributed by atoms with Crippen LogP contribution in [0.3, 0.4) is 0 Å². The number of halogens is 1. The summed E-state index contributed by atoms with van der Waals surface area (Å²) in [5.74, 6) is 0.638. The monoisotopic (exact) mass is 279 g/mol. The van der Waals surface area contributed by atoms with Gasteiger partial charge in [0.05, 0.1) is 6.20 Å². The number of nitrogens with one attached hydrogen (secondary N) is 1. The molecule has 2 fully saturated rings. The summed E-state index contributed by atoms with van der Waals surface area (Å²) in [5.41, 5.74) is 0. The molecule has 2 saturated heterocycles. The van der Waals surface area contributed by atoms with Gasteiger partial charge in [-0.2, -0.15) is 4.98 Å². The first-order valence-corrected chi connectivity index (χ1v) is 7.53. The summed E-state index contributed by atoms with van der Waals surface area (Å²) >= 11 is 0. The Labute approximate surface area is 119 Å². The predicted molar refractivity (Wildman–Crippen MR) is 77.6 cm³/mol. The summed E-state index contributed by atoms with van der Waals surface area (Å²) in [6, 6.07) is 0.550. The smallest absolute Gasteiger partial charge is 0.224 e. The highest BCUT2D eigenvalue weighted by atomic mass is 19.1. The van der Waals surface area contributed by atoms with Crippen molar-refractivity contribution < 1.29 is 4.39 Å². The predicted octanol–water partition coefficient (Wildman–Crippen LogP) is 1.72. The molecule has 6 heteroatoms. The third-order valence-electron chi connectivity index (χ3n) is 4.16. The zero-order valence-corrected chi connectivity index (χ0v) is 12.0. The minimum atomic E-state index is -0.321. The maximum absolute atomic E-state index is 14.1. The lowest BCUT2D eigenvalue weighted by molar-refractivity contribution is 0.273. The molecule has 0 spiro atoms. The third-order valence-corrected chi connectivity index (χ3v) is 4.16. The van der Waals surface area contributed by atoms with Gasteiger partial charge in [0.1, 0.15) is 0 Å². The molecule has 1 unspecified atom stereocenters. The fraction of sp³-hybridized carbons (Fsp3) is 0.714. The molecule has 110 valence electrons. The lowest BCUT2D eigenvalue weighted by Crippen LogP contribution is -2.37. The summed E-state index contributed by atoms with van der Waals surface area (Å²) in [6.45, 7) is 6.77. The Morgan fingerprint density at radius 2 is 2.20 bits per heavy atom. The number of hydrogen-bond donors (Lipinski definition) is 1. The van der Waals surface area contributed by atoms with Crippen LogP contribution in [0.25, 0.3) is 0 Å². The SMILES string of the molecule is CCNc1ncc(F)c(N2CCCN3CCCC3C2)n1. The van der Waals surface area contributed by atoms with Crippen LogP contribution in [-0.4, -0.2) is 53.6 Å². The highest BCUT2D eigenvalue weighted by molar-refractivity contribution is 5.44. The van der Waals surface area contributed by atoms with E-state index in [2.05, 4.69) is 25.1 Å². The van der Waals surface area contributed by atoms with Crippen LogP contribution in [0.2, 0.25) is 0 Å². The second-order valence-electron chi connectivity index (χ2n) is 5.53. The van der Waals surface area contributed by atoms with Crippen LogP contribution in [0.15, 0.2) is 6.20 Å². The summed E-state index contributed by atoms with van der Waals surface area (Å²) in [5, 5.41) is 3.05. The van der Waals surface area contributed by atoms with Crippen molar-refractivity contribution in [3.63, 3.8) is 0 Å². The van der Waals surface area contributed by atoms with Crippen molar-refractivity contribution in [3.05, 3.63) is 12.0 Å². The van der Waals surface area contributed by atoms with Crippen molar-refractivity contribution in [3.8, 4) is 0 Å². The van der Waals surface area contributed by atoms with Crippen LogP contribution < -0.4 is 10.2 Å². The van der Waals surface area contributed by atoms with Crippen molar-refractivity contribution in [2.45, 2.75) is 32.2 Å². The van der Waals surface area contributed by atoms with Gasteiger partial charge < -0.3 is 10.2 Å². The van der Waals surface area contributed by atoms with Gasteiger partial charge in [0.2, 0.25) is 5.95 Å². The molecule has 0 bridgehead atoms. The molecule has 2 aliphatic rings. The summed E-state index contributed by atoms with van der Waals surface area (Å²) in [6.07, 6.45) is 4.81. The van der Waals surface area contributed by atoms with E-state index < -0.39 is 0 Å². The van der Waals surface area contributed by atoms with Crippen LogP contribution >= 0.6 is 0 Å². The highest BCUT2D eigenvalue weighted by Crippen LogP contribution is 2.25. The lowest BCUT2D eigenvalue weighted by Gasteiger charge is -2.26. The van der Waals surface area contributed by atoms with E-state index in [-0.39, 0.29) is 5.82 Å². The van der Waals surface area contributed by atoms with Crippen LogP contribution in [0.5, 0.6) is 0 Å². The highest BCUT2D eigenvalue weighted by Gasteiger charge is 2.30. The van der Waals surface area contributed by atoms with E-state index in [9.17, 15) is 4.39 Å². The number of anilines is 2. The largest absolute Gasteiger partial charge is 0.354 e.